The molecule has 12 nitrogen and oxygen atoms in total. The van der Waals surface area contributed by atoms with Crippen LogP contribution >= 0.6 is 8.46 Å². The van der Waals surface area contributed by atoms with Crippen molar-refractivity contribution in [3.8, 4) is 0 Å². The van der Waals surface area contributed by atoms with Crippen molar-refractivity contribution in [2.45, 2.75) is 142 Å². The molecule has 0 saturated carbocycles. The van der Waals surface area contributed by atoms with E-state index in [0.717, 1.165) is 0 Å². The van der Waals surface area contributed by atoms with Crippen LogP contribution in [0.25, 0.3) is 0 Å². The first-order valence-corrected chi connectivity index (χ1v) is 18.6. The molecule has 3 aliphatic heterocycles. The largest absolute Gasteiger partial charge is 0.458 e. The Morgan fingerprint density at radius 3 is 2.25 bits per heavy atom. The molecule has 0 radical (unpaired) electrons. The molecule has 1 amide bonds. The zero-order valence-electron chi connectivity index (χ0n) is 31.2. The van der Waals surface area contributed by atoms with Gasteiger partial charge in [0, 0.05) is 31.0 Å². The molecule has 14 unspecified atom stereocenters. The van der Waals surface area contributed by atoms with Gasteiger partial charge in [-0.25, -0.2) is 4.79 Å². The molecular weight excluding hydrogens is 637 g/mol. The number of amides is 1. The number of aliphatic hydroxyl groups is 1. The summed E-state index contributed by atoms with van der Waals surface area (Å²) in [6, 6.07) is -0.853. The lowest BCUT2D eigenvalue weighted by atomic mass is 9.68. The first-order valence-electron chi connectivity index (χ1n) is 17.7. The maximum atomic E-state index is 14.3. The predicted octanol–water partition coefficient (Wildman–Crippen LogP) is 4.50. The fourth-order valence-corrected chi connectivity index (χ4v) is 9.94. The van der Waals surface area contributed by atoms with E-state index in [4.69, 9.17) is 24.7 Å². The molecule has 3 saturated heterocycles. The third-order valence-corrected chi connectivity index (χ3v) is 12.2. The minimum Gasteiger partial charge on any atom is -0.458 e. The monoisotopic (exact) mass is 699 g/mol. The summed E-state index contributed by atoms with van der Waals surface area (Å²) in [6.45, 7) is 18.9. The average molecular weight is 700 g/mol. The second-order valence-corrected chi connectivity index (χ2v) is 16.5. The van der Waals surface area contributed by atoms with Gasteiger partial charge in [0.05, 0.1) is 29.8 Å². The van der Waals surface area contributed by atoms with Crippen molar-refractivity contribution in [1.29, 1.82) is 0 Å². The van der Waals surface area contributed by atoms with Crippen LogP contribution in [0.15, 0.2) is 0 Å². The minimum absolute atomic E-state index is 0.0420. The van der Waals surface area contributed by atoms with Gasteiger partial charge in [0.2, 0.25) is 0 Å². The highest BCUT2D eigenvalue weighted by Crippen LogP contribution is 2.45. The fourth-order valence-electron chi connectivity index (χ4n) is 9.17. The summed E-state index contributed by atoms with van der Waals surface area (Å²) in [4.78, 5) is 45.2. The lowest BCUT2D eigenvalue weighted by Gasteiger charge is -2.48. The Morgan fingerprint density at radius 2 is 1.73 bits per heavy atom. The molecule has 48 heavy (non-hydrogen) atoms. The molecule has 0 aromatic carbocycles. The summed E-state index contributed by atoms with van der Waals surface area (Å²) in [6.07, 6.45) is -2.38. The second kappa shape index (κ2) is 16.1. The van der Waals surface area contributed by atoms with Crippen molar-refractivity contribution in [2.75, 3.05) is 27.2 Å². The van der Waals surface area contributed by atoms with Gasteiger partial charge in [-0.15, -0.1) is 0 Å². The molecule has 0 aromatic rings. The van der Waals surface area contributed by atoms with Crippen LogP contribution in [-0.2, 0) is 33.1 Å². The Hall–Kier alpha value is -1.69. The fraction of sp³-hybridized carbons (Fsp3) is 0.914. The van der Waals surface area contributed by atoms with Gasteiger partial charge in [-0.2, -0.15) is 0 Å². The zero-order chi connectivity index (χ0) is 36.5. The van der Waals surface area contributed by atoms with E-state index in [9.17, 15) is 24.1 Å². The zero-order valence-corrected chi connectivity index (χ0v) is 32.1. The number of esters is 1. The van der Waals surface area contributed by atoms with Crippen LogP contribution in [0.3, 0.4) is 0 Å². The number of carbonyl (C=O) groups excluding carboxylic acids is 3. The van der Waals surface area contributed by atoms with Crippen LogP contribution in [0, 0.1) is 35.5 Å². The molecule has 3 fully saturated rings. The molecule has 3 heterocycles. The number of Topliss-reactive ketones (excluding diaryl/α,β-unsaturated/α-hetero) is 1. The van der Waals surface area contributed by atoms with Gasteiger partial charge >= 0.3 is 12.1 Å². The number of ketones is 1. The summed E-state index contributed by atoms with van der Waals surface area (Å²) in [5.74, 6) is -3.47. The predicted molar refractivity (Wildman–Crippen MR) is 183 cm³/mol. The van der Waals surface area contributed by atoms with Gasteiger partial charge in [-0.1, -0.05) is 48.5 Å². The quantitative estimate of drug-likeness (QED) is 0.272. The maximum Gasteiger partial charge on any atom is 0.410 e. The number of cyclic esters (lactones) is 1. The van der Waals surface area contributed by atoms with E-state index in [1.165, 1.54) is 4.90 Å². The average Bonchev–Trinajstić information content (AvgIpc) is 3.25. The minimum atomic E-state index is -1.58. The van der Waals surface area contributed by atoms with E-state index in [2.05, 4.69) is 0 Å². The summed E-state index contributed by atoms with van der Waals surface area (Å²) in [5.41, 5.74) is 2.48. The van der Waals surface area contributed by atoms with Crippen molar-refractivity contribution in [1.82, 2.24) is 9.80 Å². The maximum absolute atomic E-state index is 14.3. The van der Waals surface area contributed by atoms with Crippen LogP contribution in [0.1, 0.15) is 88.5 Å². The van der Waals surface area contributed by atoms with Gasteiger partial charge in [0.1, 0.15) is 17.5 Å². The molecular formula is C35H62N3O9P. The van der Waals surface area contributed by atoms with Crippen LogP contribution in [0.5, 0.6) is 0 Å². The molecule has 3 N–H and O–H groups in total. The Morgan fingerprint density at radius 1 is 1.10 bits per heavy atom. The lowest BCUT2D eigenvalue weighted by molar-refractivity contribution is -0.263. The number of rotatable bonds is 8. The molecule has 14 atom stereocenters. The molecule has 0 aliphatic carbocycles. The lowest BCUT2D eigenvalue weighted by Crippen LogP contribution is -2.59. The number of ether oxygens (including phenoxy) is 4. The summed E-state index contributed by atoms with van der Waals surface area (Å²) < 4.78 is 37.9. The van der Waals surface area contributed by atoms with Gasteiger partial charge in [-0.3, -0.25) is 19.1 Å². The third-order valence-electron chi connectivity index (χ3n) is 11.3. The highest BCUT2D eigenvalue weighted by atomic mass is 31.1. The Kier molecular flexibility index (Phi) is 13.7. The molecule has 0 aromatic heterocycles. The highest BCUT2D eigenvalue weighted by Gasteiger charge is 2.60. The van der Waals surface area contributed by atoms with E-state index >= 15 is 0 Å². The Balaban J connectivity index is 2.18. The van der Waals surface area contributed by atoms with Gasteiger partial charge in [0.25, 0.3) is 0 Å². The van der Waals surface area contributed by atoms with Gasteiger partial charge in [-0.05, 0) is 71.9 Å². The van der Waals surface area contributed by atoms with Gasteiger partial charge in [0.15, 0.2) is 20.4 Å². The van der Waals surface area contributed by atoms with Crippen molar-refractivity contribution < 1.29 is 43.0 Å². The van der Waals surface area contributed by atoms with E-state index in [1.54, 1.807) is 27.7 Å². The summed E-state index contributed by atoms with van der Waals surface area (Å²) in [7, 11) is 3.72. The summed E-state index contributed by atoms with van der Waals surface area (Å²) >= 11 is 0. The van der Waals surface area contributed by atoms with Crippen LogP contribution in [-0.4, -0.2) is 113 Å². The van der Waals surface area contributed by atoms with E-state index in [0.29, 0.717) is 12.8 Å². The number of nitrogens with two attached hydrogens (primary N) is 1. The standard InChI is InChI=1S/C35H62N3O9P/c1-13-25-35(10)29(38(15-14-36)33(41)47-35)23(8)27(39)19(4)17-34(9,42)30(21(6)26(18(2)3)22(7)31(40)45-25)46-32-28(48-43)24(37(11)12)16-20(5)44-32/h18-26,28-30,32,42H,13-17,36H2,1-12H3. The molecule has 0 spiro atoms. The van der Waals surface area contributed by atoms with Crippen molar-refractivity contribution in [2.24, 2.45) is 41.2 Å². The highest BCUT2D eigenvalue weighted by molar-refractivity contribution is 7.24. The summed E-state index contributed by atoms with van der Waals surface area (Å²) in [5, 5.41) is 12.4. The smallest absolute Gasteiger partial charge is 0.410 e. The Bertz CT molecular complexity index is 1150. The normalized spacial score (nSPS) is 43.7. The Labute approximate surface area is 289 Å². The van der Waals surface area contributed by atoms with E-state index in [1.807, 2.05) is 60.5 Å². The number of nitrogens with zero attached hydrogens (tertiary/aromatic N) is 2. The molecule has 0 bridgehead atoms. The first-order chi connectivity index (χ1) is 22.3. The number of hydrogen-bond donors (Lipinski definition) is 2. The topological polar surface area (TPSA) is 158 Å². The number of fused-ring (bicyclic) bond motifs is 1. The second-order valence-electron chi connectivity index (χ2n) is 15.7. The third kappa shape index (κ3) is 8.10. The van der Waals surface area contributed by atoms with Gasteiger partial charge < -0.3 is 34.7 Å². The van der Waals surface area contributed by atoms with Crippen LogP contribution < -0.4 is 5.73 Å². The van der Waals surface area contributed by atoms with Crippen molar-refractivity contribution in [3.05, 3.63) is 0 Å². The van der Waals surface area contributed by atoms with Crippen molar-refractivity contribution >= 4 is 26.3 Å². The molecule has 3 aliphatic rings. The van der Waals surface area contributed by atoms with Crippen LogP contribution in [0.2, 0.25) is 0 Å². The van der Waals surface area contributed by atoms with Crippen LogP contribution in [0.4, 0.5) is 4.79 Å². The first kappa shape index (κ1) is 40.7. The number of hydrogen-bond acceptors (Lipinski definition) is 11. The van der Waals surface area contributed by atoms with Crippen molar-refractivity contribution in [3.63, 3.8) is 0 Å². The SMILES string of the molecule is CCC1OC(=O)C(C)C(C(C)C)C(C)C(OC2OC(C)CC(N(C)C)C2P=O)C(C)(O)CC(C)C(=O)C(C)C2N(CCN)C(=O)OC12C. The van der Waals surface area contributed by atoms with E-state index in [-0.39, 0.29) is 57.7 Å². The molecule has 276 valence electrons. The molecule has 3 rings (SSSR count). The number of carbonyl (C=O) groups is 3. The van der Waals surface area contributed by atoms with E-state index < -0.39 is 77.1 Å². The molecule has 13 heteroatoms.